The summed E-state index contributed by atoms with van der Waals surface area (Å²) in [6.45, 7) is 5.75. The van der Waals surface area contributed by atoms with Crippen LogP contribution in [-0.2, 0) is 0 Å². The summed E-state index contributed by atoms with van der Waals surface area (Å²) in [5.74, 6) is 0.800. The van der Waals surface area contributed by atoms with Crippen LogP contribution in [0.15, 0.2) is 24.7 Å². The predicted octanol–water partition coefficient (Wildman–Crippen LogP) is 3.56. The molecule has 0 amide bonds. The van der Waals surface area contributed by atoms with Gasteiger partial charge in [-0.3, -0.25) is 0 Å². The van der Waals surface area contributed by atoms with Gasteiger partial charge in [-0.1, -0.05) is 18.5 Å². The van der Waals surface area contributed by atoms with Gasteiger partial charge in [-0.05, 0) is 37.3 Å². The summed E-state index contributed by atoms with van der Waals surface area (Å²) in [6.07, 6.45) is 6.70. The first-order valence-electron chi connectivity index (χ1n) is 10.3. The lowest BCUT2D eigenvalue weighted by Gasteiger charge is -2.34. The molecule has 0 aromatic carbocycles. The average molecular weight is 433 g/mol. The number of anilines is 1. The van der Waals surface area contributed by atoms with Crippen molar-refractivity contribution < 1.29 is 9.50 Å². The first kappa shape index (κ1) is 21.0. The molecule has 4 rings (SSSR count). The van der Waals surface area contributed by atoms with Crippen LogP contribution in [0, 0.1) is 17.7 Å². The molecule has 0 unspecified atom stereocenters. The van der Waals surface area contributed by atoms with Crippen molar-refractivity contribution in [2.24, 2.45) is 11.8 Å². The minimum Gasteiger partial charge on any atom is -0.396 e. The van der Waals surface area contributed by atoms with Gasteiger partial charge < -0.3 is 20.3 Å². The van der Waals surface area contributed by atoms with E-state index in [4.69, 9.17) is 11.6 Å². The maximum absolute atomic E-state index is 14.4. The summed E-state index contributed by atoms with van der Waals surface area (Å²) in [6, 6.07) is 1.79. The fourth-order valence-electron chi connectivity index (χ4n) is 4.01. The Bertz CT molecular complexity index is 1010. The van der Waals surface area contributed by atoms with Crippen LogP contribution in [-0.4, -0.2) is 62.7 Å². The van der Waals surface area contributed by atoms with Gasteiger partial charge in [0.05, 0.1) is 11.2 Å². The second-order valence-electron chi connectivity index (χ2n) is 8.08. The van der Waals surface area contributed by atoms with Crippen LogP contribution < -0.4 is 5.32 Å². The van der Waals surface area contributed by atoms with Crippen LogP contribution >= 0.6 is 11.6 Å². The van der Waals surface area contributed by atoms with Crippen LogP contribution in [0.25, 0.3) is 22.4 Å². The van der Waals surface area contributed by atoms with Gasteiger partial charge in [0.25, 0.3) is 0 Å². The van der Waals surface area contributed by atoms with Crippen molar-refractivity contribution in [2.45, 2.75) is 19.8 Å². The number of nitrogens with zero attached hydrogens (tertiary/aromatic N) is 4. The molecule has 7 nitrogen and oxygen atoms in total. The lowest BCUT2D eigenvalue weighted by Crippen LogP contribution is -2.40. The highest BCUT2D eigenvalue weighted by molar-refractivity contribution is 6.31. The van der Waals surface area contributed by atoms with Crippen LogP contribution in [0.3, 0.4) is 0 Å². The zero-order chi connectivity index (χ0) is 21.1. The molecule has 0 saturated carbocycles. The molecule has 0 aliphatic carbocycles. The lowest BCUT2D eigenvalue weighted by atomic mass is 9.97. The molecule has 3 N–H and O–H groups in total. The average Bonchev–Trinajstić information content (AvgIpc) is 3.16. The first-order chi connectivity index (χ1) is 14.5. The number of likely N-dealkylation sites (tertiary alicyclic amines) is 1. The number of aromatic amines is 1. The molecule has 1 saturated heterocycles. The minimum absolute atomic E-state index is 0.197. The summed E-state index contributed by atoms with van der Waals surface area (Å²) in [5.41, 5.74) is 1.40. The number of aromatic nitrogens is 4. The Morgan fingerprint density at radius 2 is 2.27 bits per heavy atom. The van der Waals surface area contributed by atoms with Crippen molar-refractivity contribution >= 4 is 28.5 Å². The third-order valence-corrected chi connectivity index (χ3v) is 5.73. The Kier molecular flexibility index (Phi) is 6.46. The lowest BCUT2D eigenvalue weighted by molar-refractivity contribution is 0.131. The van der Waals surface area contributed by atoms with E-state index in [0.29, 0.717) is 29.0 Å². The van der Waals surface area contributed by atoms with Crippen LogP contribution in [0.5, 0.6) is 0 Å². The summed E-state index contributed by atoms with van der Waals surface area (Å²) in [5, 5.41) is 13.8. The number of nitrogens with one attached hydrogen (secondary N) is 2. The van der Waals surface area contributed by atoms with Crippen molar-refractivity contribution in [3.8, 4) is 11.4 Å². The molecule has 4 heterocycles. The molecular weight excluding hydrogens is 407 g/mol. The van der Waals surface area contributed by atoms with E-state index >= 15 is 0 Å². The topological polar surface area (TPSA) is 90.0 Å². The summed E-state index contributed by atoms with van der Waals surface area (Å²) in [7, 11) is 0. The standard InChI is InChI=1S/C21H26ClFN6O/c1-13(12-30)10-29-4-2-3-14(11-29)6-24-21-18(23)9-27-20(28-21)17-8-26-19-16(17)5-15(22)7-25-19/h5,7-9,13-14,30H,2-4,6,10-12H2,1H3,(H,25,26)(H,24,27,28)/t13-,14+/m1/s1. The van der Waals surface area contributed by atoms with E-state index in [1.165, 1.54) is 6.20 Å². The number of halogens is 2. The monoisotopic (exact) mass is 432 g/mol. The fourth-order valence-corrected chi connectivity index (χ4v) is 4.16. The SMILES string of the molecule is C[C@@H](CO)CN1CCC[C@@H](CNc2nc(-c3c[nH]c4ncc(Cl)cc34)ncc2F)C1. The van der Waals surface area contributed by atoms with Crippen molar-refractivity contribution in [1.29, 1.82) is 0 Å². The molecule has 1 fully saturated rings. The van der Waals surface area contributed by atoms with E-state index < -0.39 is 5.82 Å². The number of pyridine rings is 1. The molecular formula is C21H26ClFN6O. The van der Waals surface area contributed by atoms with E-state index in [1.807, 2.05) is 6.92 Å². The first-order valence-corrected chi connectivity index (χ1v) is 10.6. The van der Waals surface area contributed by atoms with Crippen LogP contribution in [0.1, 0.15) is 19.8 Å². The molecule has 0 radical (unpaired) electrons. The maximum Gasteiger partial charge on any atom is 0.183 e. The van der Waals surface area contributed by atoms with Gasteiger partial charge in [0.1, 0.15) is 5.65 Å². The van der Waals surface area contributed by atoms with E-state index in [0.717, 1.165) is 43.4 Å². The number of aliphatic hydroxyl groups excluding tert-OH is 1. The molecule has 3 aromatic rings. The van der Waals surface area contributed by atoms with Crippen molar-refractivity contribution in [1.82, 2.24) is 24.8 Å². The molecule has 0 spiro atoms. The normalized spacial score (nSPS) is 18.6. The Morgan fingerprint density at radius 1 is 1.40 bits per heavy atom. The van der Waals surface area contributed by atoms with Crippen molar-refractivity contribution in [3.63, 3.8) is 0 Å². The molecule has 1 aliphatic rings. The Balaban J connectivity index is 1.47. The minimum atomic E-state index is -0.476. The number of piperidine rings is 1. The third kappa shape index (κ3) is 4.71. The van der Waals surface area contributed by atoms with Gasteiger partial charge in [0, 0.05) is 49.6 Å². The highest BCUT2D eigenvalue weighted by Gasteiger charge is 2.22. The fraction of sp³-hybridized carbons (Fsp3) is 0.476. The maximum atomic E-state index is 14.4. The van der Waals surface area contributed by atoms with E-state index in [1.54, 1.807) is 18.5 Å². The molecule has 0 bridgehead atoms. The van der Waals surface area contributed by atoms with Crippen LogP contribution in [0.2, 0.25) is 5.02 Å². The summed E-state index contributed by atoms with van der Waals surface area (Å²) >= 11 is 6.07. The molecule has 2 atom stereocenters. The molecule has 1 aliphatic heterocycles. The van der Waals surface area contributed by atoms with Gasteiger partial charge >= 0.3 is 0 Å². The zero-order valence-electron chi connectivity index (χ0n) is 16.9. The van der Waals surface area contributed by atoms with E-state index in [2.05, 4.69) is 30.2 Å². The smallest absolute Gasteiger partial charge is 0.183 e. The highest BCUT2D eigenvalue weighted by Crippen LogP contribution is 2.28. The van der Waals surface area contributed by atoms with Crippen molar-refractivity contribution in [2.75, 3.05) is 38.1 Å². The highest BCUT2D eigenvalue weighted by atomic mass is 35.5. The summed E-state index contributed by atoms with van der Waals surface area (Å²) in [4.78, 5) is 18.3. The number of hydrogen-bond donors (Lipinski definition) is 3. The number of rotatable bonds is 7. The second-order valence-corrected chi connectivity index (χ2v) is 8.52. The molecule has 3 aromatic heterocycles. The second kappa shape index (κ2) is 9.24. The van der Waals surface area contributed by atoms with E-state index in [-0.39, 0.29) is 18.3 Å². The number of H-pyrrole nitrogens is 1. The summed E-state index contributed by atoms with van der Waals surface area (Å²) < 4.78 is 14.4. The molecule has 30 heavy (non-hydrogen) atoms. The zero-order valence-corrected chi connectivity index (χ0v) is 17.7. The predicted molar refractivity (Wildman–Crippen MR) is 116 cm³/mol. The number of aliphatic hydroxyl groups is 1. The Morgan fingerprint density at radius 3 is 3.10 bits per heavy atom. The van der Waals surface area contributed by atoms with Gasteiger partial charge in [0.15, 0.2) is 17.5 Å². The largest absolute Gasteiger partial charge is 0.396 e. The van der Waals surface area contributed by atoms with Crippen molar-refractivity contribution in [3.05, 3.63) is 35.5 Å². The number of fused-ring (bicyclic) bond motifs is 1. The van der Waals surface area contributed by atoms with Gasteiger partial charge in [-0.15, -0.1) is 0 Å². The Hall–Kier alpha value is -2.29. The quantitative estimate of drug-likeness (QED) is 0.529. The Labute approximate surface area is 179 Å². The third-order valence-electron chi connectivity index (χ3n) is 5.53. The van der Waals surface area contributed by atoms with Gasteiger partial charge in [0.2, 0.25) is 0 Å². The molecule has 160 valence electrons. The van der Waals surface area contributed by atoms with Crippen LogP contribution in [0.4, 0.5) is 10.2 Å². The number of hydrogen-bond acceptors (Lipinski definition) is 6. The van der Waals surface area contributed by atoms with Gasteiger partial charge in [-0.2, -0.15) is 0 Å². The molecule has 9 heteroatoms. The van der Waals surface area contributed by atoms with E-state index in [9.17, 15) is 9.50 Å². The van der Waals surface area contributed by atoms with Gasteiger partial charge in [-0.25, -0.2) is 19.3 Å².